The van der Waals surface area contributed by atoms with Gasteiger partial charge in [0.05, 0.1) is 11.4 Å². The molecule has 19 heavy (non-hydrogen) atoms. The maximum Gasteiger partial charge on any atom is 0.255 e. The lowest BCUT2D eigenvalue weighted by Crippen LogP contribution is -2.14. The zero-order valence-corrected chi connectivity index (χ0v) is 9.58. The van der Waals surface area contributed by atoms with E-state index in [2.05, 4.69) is 5.32 Å². The number of hydrogen-bond donors (Lipinski definition) is 2. The molecule has 0 spiro atoms. The molecule has 0 aromatic heterocycles. The largest absolute Gasteiger partial charge is 0.397 e. The number of halogens is 3. The Morgan fingerprint density at radius 3 is 2.21 bits per heavy atom. The van der Waals surface area contributed by atoms with E-state index in [1.54, 1.807) is 0 Å². The maximum absolute atomic E-state index is 13.0. The summed E-state index contributed by atoms with van der Waals surface area (Å²) in [6, 6.07) is 5.81. The fraction of sp³-hybridized carbons (Fsp3) is 0. The van der Waals surface area contributed by atoms with Gasteiger partial charge in [-0.1, -0.05) is 0 Å². The number of nitrogens with one attached hydrogen (secondary N) is 1. The van der Waals surface area contributed by atoms with Crippen LogP contribution in [0.25, 0.3) is 0 Å². The van der Waals surface area contributed by atoms with Crippen molar-refractivity contribution >= 4 is 17.3 Å². The molecule has 3 nitrogen and oxygen atoms in total. The third kappa shape index (κ3) is 3.04. The van der Waals surface area contributed by atoms with Crippen LogP contribution in [0.15, 0.2) is 36.4 Å². The first-order valence-corrected chi connectivity index (χ1v) is 5.28. The van der Waals surface area contributed by atoms with Gasteiger partial charge in [0, 0.05) is 11.6 Å². The van der Waals surface area contributed by atoms with Gasteiger partial charge in [-0.05, 0) is 30.3 Å². The van der Waals surface area contributed by atoms with Crippen LogP contribution in [-0.4, -0.2) is 5.91 Å². The molecule has 0 saturated heterocycles. The number of rotatable bonds is 2. The third-order valence-electron chi connectivity index (χ3n) is 2.39. The van der Waals surface area contributed by atoms with Gasteiger partial charge in [-0.3, -0.25) is 4.79 Å². The van der Waals surface area contributed by atoms with Crippen molar-refractivity contribution in [1.82, 2.24) is 0 Å². The lowest BCUT2D eigenvalue weighted by molar-refractivity contribution is 0.102. The molecule has 2 rings (SSSR count). The Balaban J connectivity index is 2.28. The van der Waals surface area contributed by atoms with E-state index in [-0.39, 0.29) is 16.9 Å². The molecule has 0 radical (unpaired) electrons. The van der Waals surface area contributed by atoms with Crippen molar-refractivity contribution in [3.63, 3.8) is 0 Å². The fourth-order valence-electron chi connectivity index (χ4n) is 1.52. The van der Waals surface area contributed by atoms with Gasteiger partial charge in [0.15, 0.2) is 0 Å². The van der Waals surface area contributed by atoms with E-state index in [1.165, 1.54) is 6.07 Å². The minimum absolute atomic E-state index is 0.0367. The SMILES string of the molecule is Nc1ccc(F)cc1NC(=O)c1cc(F)cc(F)c1. The van der Waals surface area contributed by atoms with Gasteiger partial charge in [-0.15, -0.1) is 0 Å². The van der Waals surface area contributed by atoms with Crippen molar-refractivity contribution in [1.29, 1.82) is 0 Å². The number of amides is 1. The molecular weight excluding hydrogens is 257 g/mol. The van der Waals surface area contributed by atoms with E-state index in [4.69, 9.17) is 5.73 Å². The predicted molar refractivity (Wildman–Crippen MR) is 65.1 cm³/mol. The molecule has 0 aliphatic rings. The summed E-state index contributed by atoms with van der Waals surface area (Å²) >= 11 is 0. The van der Waals surface area contributed by atoms with Crippen molar-refractivity contribution in [2.75, 3.05) is 11.1 Å². The van der Waals surface area contributed by atoms with Crippen LogP contribution in [0.2, 0.25) is 0 Å². The number of anilines is 2. The lowest BCUT2D eigenvalue weighted by Gasteiger charge is -2.08. The van der Waals surface area contributed by atoms with Crippen LogP contribution in [0.1, 0.15) is 10.4 Å². The molecule has 98 valence electrons. The first-order chi connectivity index (χ1) is 8.95. The number of benzene rings is 2. The van der Waals surface area contributed by atoms with Gasteiger partial charge in [0.25, 0.3) is 5.91 Å². The smallest absolute Gasteiger partial charge is 0.255 e. The summed E-state index contributed by atoms with van der Waals surface area (Å²) in [5.74, 6) is -3.12. The van der Waals surface area contributed by atoms with E-state index < -0.39 is 23.4 Å². The summed E-state index contributed by atoms with van der Waals surface area (Å²) in [4.78, 5) is 11.8. The molecule has 0 aliphatic heterocycles. The van der Waals surface area contributed by atoms with Crippen molar-refractivity contribution < 1.29 is 18.0 Å². The molecule has 0 bridgehead atoms. The van der Waals surface area contributed by atoms with Crippen LogP contribution in [0, 0.1) is 17.5 Å². The highest BCUT2D eigenvalue weighted by atomic mass is 19.1. The first kappa shape index (κ1) is 12.9. The number of nitrogens with two attached hydrogens (primary N) is 1. The standard InChI is InChI=1S/C13H9F3N2O/c14-8-1-2-11(17)12(6-8)18-13(19)7-3-9(15)5-10(16)4-7/h1-6H,17H2,(H,18,19). The van der Waals surface area contributed by atoms with E-state index in [9.17, 15) is 18.0 Å². The average Bonchev–Trinajstić information content (AvgIpc) is 2.32. The van der Waals surface area contributed by atoms with Gasteiger partial charge < -0.3 is 11.1 Å². The summed E-state index contributed by atoms with van der Waals surface area (Å²) in [5.41, 5.74) is 5.51. The molecule has 0 saturated carbocycles. The quantitative estimate of drug-likeness (QED) is 0.821. The lowest BCUT2D eigenvalue weighted by atomic mass is 10.2. The Bertz CT molecular complexity index is 624. The second-order valence-corrected chi connectivity index (χ2v) is 3.84. The van der Waals surface area contributed by atoms with Crippen LogP contribution in [0.3, 0.4) is 0 Å². The molecule has 6 heteroatoms. The summed E-state index contributed by atoms with van der Waals surface area (Å²) < 4.78 is 38.9. The number of hydrogen-bond acceptors (Lipinski definition) is 2. The Kier molecular flexibility index (Phi) is 3.41. The molecule has 0 aliphatic carbocycles. The van der Waals surface area contributed by atoms with Gasteiger partial charge in [0.1, 0.15) is 17.5 Å². The topological polar surface area (TPSA) is 55.1 Å². The van der Waals surface area contributed by atoms with Crippen molar-refractivity contribution in [3.05, 3.63) is 59.4 Å². The number of carbonyl (C=O) groups excluding carboxylic acids is 1. The Morgan fingerprint density at radius 1 is 0.947 bits per heavy atom. The third-order valence-corrected chi connectivity index (χ3v) is 2.39. The van der Waals surface area contributed by atoms with Crippen LogP contribution < -0.4 is 11.1 Å². The summed E-state index contributed by atoms with van der Waals surface area (Å²) in [6.07, 6.45) is 0. The average molecular weight is 266 g/mol. The van der Waals surface area contributed by atoms with Gasteiger partial charge in [-0.2, -0.15) is 0 Å². The minimum atomic E-state index is -0.877. The first-order valence-electron chi connectivity index (χ1n) is 5.28. The van der Waals surface area contributed by atoms with Gasteiger partial charge >= 0.3 is 0 Å². The zero-order chi connectivity index (χ0) is 14.0. The Hall–Kier alpha value is -2.50. The minimum Gasteiger partial charge on any atom is -0.397 e. The van der Waals surface area contributed by atoms with Gasteiger partial charge in [-0.25, -0.2) is 13.2 Å². The highest BCUT2D eigenvalue weighted by molar-refractivity contribution is 6.05. The number of nitrogen functional groups attached to an aromatic ring is 1. The molecule has 2 aromatic rings. The van der Waals surface area contributed by atoms with Crippen molar-refractivity contribution in [3.8, 4) is 0 Å². The molecule has 3 N–H and O–H groups in total. The normalized spacial score (nSPS) is 10.3. The number of carbonyl (C=O) groups is 1. The van der Waals surface area contributed by atoms with Crippen LogP contribution in [0.4, 0.5) is 24.5 Å². The highest BCUT2D eigenvalue weighted by Crippen LogP contribution is 2.20. The van der Waals surface area contributed by atoms with E-state index in [0.717, 1.165) is 24.3 Å². The maximum atomic E-state index is 13.0. The fourth-order valence-corrected chi connectivity index (χ4v) is 1.52. The summed E-state index contributed by atoms with van der Waals surface area (Å²) in [6.45, 7) is 0. The van der Waals surface area contributed by atoms with Crippen molar-refractivity contribution in [2.45, 2.75) is 0 Å². The van der Waals surface area contributed by atoms with Crippen LogP contribution in [-0.2, 0) is 0 Å². The zero-order valence-electron chi connectivity index (χ0n) is 9.58. The molecule has 0 atom stereocenters. The molecule has 0 heterocycles. The molecule has 1 amide bonds. The predicted octanol–water partition coefficient (Wildman–Crippen LogP) is 2.94. The van der Waals surface area contributed by atoms with Crippen LogP contribution >= 0.6 is 0 Å². The Labute approximate surface area is 106 Å². The van der Waals surface area contributed by atoms with E-state index in [0.29, 0.717) is 6.07 Å². The molecule has 2 aromatic carbocycles. The second kappa shape index (κ2) is 5.01. The van der Waals surface area contributed by atoms with Crippen LogP contribution in [0.5, 0.6) is 0 Å². The van der Waals surface area contributed by atoms with Gasteiger partial charge in [0.2, 0.25) is 0 Å². The molecule has 0 unspecified atom stereocenters. The van der Waals surface area contributed by atoms with E-state index in [1.807, 2.05) is 0 Å². The second-order valence-electron chi connectivity index (χ2n) is 3.84. The highest BCUT2D eigenvalue weighted by Gasteiger charge is 2.11. The molecule has 0 fully saturated rings. The van der Waals surface area contributed by atoms with E-state index >= 15 is 0 Å². The monoisotopic (exact) mass is 266 g/mol. The van der Waals surface area contributed by atoms with Crippen molar-refractivity contribution in [2.24, 2.45) is 0 Å². The molecular formula is C13H9F3N2O. The Morgan fingerprint density at radius 2 is 1.58 bits per heavy atom. The summed E-state index contributed by atoms with van der Waals surface area (Å²) in [5, 5.41) is 2.28. The summed E-state index contributed by atoms with van der Waals surface area (Å²) in [7, 11) is 0.